The smallest absolute Gasteiger partial charge is 0.407 e. The van der Waals surface area contributed by atoms with Crippen molar-refractivity contribution in [2.75, 3.05) is 13.7 Å². The molecule has 1 aromatic rings. The van der Waals surface area contributed by atoms with Crippen molar-refractivity contribution in [1.29, 1.82) is 0 Å². The molecule has 0 saturated heterocycles. The van der Waals surface area contributed by atoms with E-state index < -0.39 is 17.7 Å². The van der Waals surface area contributed by atoms with Crippen LogP contribution < -0.4 is 10.6 Å². The number of furan rings is 1. The lowest BCUT2D eigenvalue weighted by Crippen LogP contribution is -2.42. The highest BCUT2D eigenvalue weighted by Crippen LogP contribution is 2.16. The van der Waals surface area contributed by atoms with Gasteiger partial charge in [0.25, 0.3) is 0 Å². The highest BCUT2D eigenvalue weighted by Gasteiger charge is 2.18. The number of amides is 1. The maximum Gasteiger partial charge on any atom is 0.407 e. The Morgan fingerprint density at radius 2 is 2.00 bits per heavy atom. The van der Waals surface area contributed by atoms with E-state index in [4.69, 9.17) is 13.9 Å². The van der Waals surface area contributed by atoms with Gasteiger partial charge in [0, 0.05) is 12.6 Å². The monoisotopic (exact) mass is 354 g/mol. The van der Waals surface area contributed by atoms with Crippen molar-refractivity contribution in [3.8, 4) is 0 Å². The molecule has 0 radical (unpaired) electrons. The van der Waals surface area contributed by atoms with Gasteiger partial charge in [-0.15, -0.1) is 0 Å². The van der Waals surface area contributed by atoms with E-state index in [9.17, 15) is 9.59 Å². The van der Waals surface area contributed by atoms with Crippen LogP contribution in [0.5, 0.6) is 0 Å². The van der Waals surface area contributed by atoms with Crippen molar-refractivity contribution in [3.63, 3.8) is 0 Å². The van der Waals surface area contributed by atoms with Crippen LogP contribution in [0.1, 0.15) is 62.4 Å². The number of carbonyl (C=O) groups is 2. The molecule has 2 N–H and O–H groups in total. The summed E-state index contributed by atoms with van der Waals surface area (Å²) in [5, 5.41) is 6.11. The van der Waals surface area contributed by atoms with Crippen molar-refractivity contribution < 1.29 is 23.5 Å². The molecule has 1 aromatic heterocycles. The first-order chi connectivity index (χ1) is 11.7. The lowest BCUT2D eigenvalue weighted by Gasteiger charge is -2.22. The van der Waals surface area contributed by atoms with Gasteiger partial charge >= 0.3 is 12.1 Å². The molecule has 142 valence electrons. The number of aryl methyl sites for hydroxylation is 1. The van der Waals surface area contributed by atoms with Crippen molar-refractivity contribution >= 4 is 12.1 Å². The predicted molar refractivity (Wildman–Crippen MR) is 94.6 cm³/mol. The van der Waals surface area contributed by atoms with Crippen molar-refractivity contribution in [2.45, 2.75) is 65.6 Å². The Kier molecular flexibility index (Phi) is 7.96. The number of alkyl carbamates (subject to hydrolysis) is 1. The Bertz CT molecular complexity index is 575. The predicted octanol–water partition coefficient (Wildman–Crippen LogP) is 3.16. The summed E-state index contributed by atoms with van der Waals surface area (Å²) in [6.07, 6.45) is 1.43. The minimum Gasteiger partial charge on any atom is -0.465 e. The summed E-state index contributed by atoms with van der Waals surface area (Å²) < 4.78 is 15.5. The summed E-state index contributed by atoms with van der Waals surface area (Å²) in [5.74, 6) is 0.767. The zero-order valence-corrected chi connectivity index (χ0v) is 16.0. The highest BCUT2D eigenvalue weighted by atomic mass is 16.6. The van der Waals surface area contributed by atoms with Crippen LogP contribution in [0.3, 0.4) is 0 Å². The molecule has 0 aliphatic carbocycles. The average molecular weight is 354 g/mol. The summed E-state index contributed by atoms with van der Waals surface area (Å²) in [5.41, 5.74) is -0.0912. The summed E-state index contributed by atoms with van der Waals surface area (Å²) >= 11 is 0. The number of ether oxygens (including phenoxy) is 2. The maximum absolute atomic E-state index is 11.8. The molecule has 0 aromatic carbocycles. The summed E-state index contributed by atoms with van der Waals surface area (Å²) in [7, 11) is 1.34. The van der Waals surface area contributed by atoms with E-state index in [0.29, 0.717) is 30.2 Å². The molecular weight excluding hydrogens is 324 g/mol. The normalized spacial score (nSPS) is 12.6. The molecule has 7 nitrogen and oxygen atoms in total. The second kappa shape index (κ2) is 9.46. The Hall–Kier alpha value is -2.02. The number of rotatable bonds is 8. The van der Waals surface area contributed by atoms with E-state index in [1.807, 2.05) is 20.8 Å². The van der Waals surface area contributed by atoms with E-state index in [1.54, 1.807) is 13.0 Å². The van der Waals surface area contributed by atoms with Gasteiger partial charge in [-0.3, -0.25) is 0 Å². The van der Waals surface area contributed by atoms with Crippen LogP contribution in [0.2, 0.25) is 0 Å². The van der Waals surface area contributed by atoms with Crippen molar-refractivity contribution in [3.05, 3.63) is 23.2 Å². The molecule has 0 bridgehead atoms. The number of hydrogen-bond donors (Lipinski definition) is 2. The van der Waals surface area contributed by atoms with Gasteiger partial charge in [-0.2, -0.15) is 0 Å². The molecule has 7 heteroatoms. The van der Waals surface area contributed by atoms with Crippen LogP contribution in [0.4, 0.5) is 4.79 Å². The van der Waals surface area contributed by atoms with E-state index in [0.717, 1.165) is 12.8 Å². The molecule has 1 unspecified atom stereocenters. The molecule has 25 heavy (non-hydrogen) atoms. The number of hydrogen-bond acceptors (Lipinski definition) is 6. The van der Waals surface area contributed by atoms with Gasteiger partial charge in [-0.05, 0) is 40.2 Å². The fourth-order valence-corrected chi connectivity index (χ4v) is 2.33. The van der Waals surface area contributed by atoms with E-state index >= 15 is 0 Å². The number of methoxy groups -OCH3 is 1. The second-order valence-electron chi connectivity index (χ2n) is 6.92. The Balaban J connectivity index is 2.55. The molecule has 1 amide bonds. The molecule has 1 heterocycles. The minimum atomic E-state index is -0.520. The van der Waals surface area contributed by atoms with E-state index in [1.165, 1.54) is 7.11 Å². The first-order valence-corrected chi connectivity index (χ1v) is 8.54. The van der Waals surface area contributed by atoms with Crippen LogP contribution >= 0.6 is 0 Å². The number of carbonyl (C=O) groups excluding carboxylic acids is 2. The Morgan fingerprint density at radius 3 is 2.56 bits per heavy atom. The SMILES string of the molecule is CCCC(CNC(=O)OC(C)(C)C)NCc1cc(C(=O)OC)c(C)o1. The fourth-order valence-electron chi connectivity index (χ4n) is 2.33. The quantitative estimate of drug-likeness (QED) is 0.697. The summed E-state index contributed by atoms with van der Waals surface area (Å²) in [6.45, 7) is 10.2. The topological polar surface area (TPSA) is 89.8 Å². The third kappa shape index (κ3) is 7.60. The van der Waals surface area contributed by atoms with Gasteiger partial charge in [0.15, 0.2) is 0 Å². The van der Waals surface area contributed by atoms with Crippen LogP contribution in [0.15, 0.2) is 10.5 Å². The largest absolute Gasteiger partial charge is 0.465 e. The maximum atomic E-state index is 11.8. The standard InChI is InChI=1S/C18H30N2O5/c1-7-8-13(10-20-17(22)25-18(3,4)5)19-11-14-9-15(12(2)24-14)16(21)23-6/h9,13,19H,7-8,10-11H2,1-6H3,(H,20,22). The van der Waals surface area contributed by atoms with Gasteiger partial charge in [-0.1, -0.05) is 13.3 Å². The van der Waals surface area contributed by atoms with Gasteiger partial charge in [0.05, 0.1) is 13.7 Å². The Morgan fingerprint density at radius 1 is 1.32 bits per heavy atom. The molecule has 0 spiro atoms. The molecule has 0 aliphatic heterocycles. The Labute approximate surface area is 149 Å². The zero-order chi connectivity index (χ0) is 19.0. The summed E-state index contributed by atoms with van der Waals surface area (Å²) in [6, 6.07) is 1.75. The summed E-state index contributed by atoms with van der Waals surface area (Å²) in [4.78, 5) is 23.4. The van der Waals surface area contributed by atoms with Crippen LogP contribution in [0, 0.1) is 6.92 Å². The van der Waals surface area contributed by atoms with E-state index in [-0.39, 0.29) is 6.04 Å². The van der Waals surface area contributed by atoms with Gasteiger partial charge < -0.3 is 24.5 Å². The molecular formula is C18H30N2O5. The van der Waals surface area contributed by atoms with Gasteiger partial charge in [0.1, 0.15) is 22.7 Å². The van der Waals surface area contributed by atoms with Gasteiger partial charge in [-0.25, -0.2) is 9.59 Å². The zero-order valence-electron chi connectivity index (χ0n) is 16.0. The van der Waals surface area contributed by atoms with Crippen molar-refractivity contribution in [2.24, 2.45) is 0 Å². The fraction of sp³-hybridized carbons (Fsp3) is 0.667. The molecule has 1 rings (SSSR count). The van der Waals surface area contributed by atoms with Crippen LogP contribution in [0.25, 0.3) is 0 Å². The number of esters is 1. The first kappa shape index (κ1) is 21.0. The lowest BCUT2D eigenvalue weighted by molar-refractivity contribution is 0.0520. The lowest BCUT2D eigenvalue weighted by atomic mass is 10.1. The molecule has 1 atom stereocenters. The third-order valence-corrected chi connectivity index (χ3v) is 3.47. The third-order valence-electron chi connectivity index (χ3n) is 3.47. The average Bonchev–Trinajstić information content (AvgIpc) is 2.88. The van der Waals surface area contributed by atoms with E-state index in [2.05, 4.69) is 17.6 Å². The van der Waals surface area contributed by atoms with Gasteiger partial charge in [0.2, 0.25) is 0 Å². The number of nitrogens with one attached hydrogen (secondary N) is 2. The van der Waals surface area contributed by atoms with Crippen LogP contribution in [-0.4, -0.2) is 37.4 Å². The van der Waals surface area contributed by atoms with Crippen molar-refractivity contribution in [1.82, 2.24) is 10.6 Å². The molecule has 0 saturated carbocycles. The van der Waals surface area contributed by atoms with Crippen LogP contribution in [-0.2, 0) is 16.0 Å². The second-order valence-corrected chi connectivity index (χ2v) is 6.92. The minimum absolute atomic E-state index is 0.0736. The highest BCUT2D eigenvalue weighted by molar-refractivity contribution is 5.90. The molecule has 0 aliphatic rings. The first-order valence-electron chi connectivity index (χ1n) is 8.54. The molecule has 0 fully saturated rings.